The second-order valence-electron chi connectivity index (χ2n) is 5.87. The van der Waals surface area contributed by atoms with E-state index in [1.165, 1.54) is 11.3 Å². The maximum Gasteiger partial charge on any atom is 0.317 e. The summed E-state index contributed by atoms with van der Waals surface area (Å²) in [7, 11) is 0. The Morgan fingerprint density at radius 1 is 1.32 bits per heavy atom. The summed E-state index contributed by atoms with van der Waals surface area (Å²) < 4.78 is 0. The summed E-state index contributed by atoms with van der Waals surface area (Å²) in [5.74, 6) is -0.220. The molecule has 0 unspecified atom stereocenters. The number of rotatable bonds is 4. The van der Waals surface area contributed by atoms with E-state index < -0.39 is 6.03 Å². The van der Waals surface area contributed by atoms with Crippen molar-refractivity contribution in [2.75, 3.05) is 18.4 Å². The van der Waals surface area contributed by atoms with Crippen molar-refractivity contribution < 1.29 is 9.59 Å². The molecule has 5 N–H and O–H groups in total. The molecule has 1 aliphatic heterocycles. The van der Waals surface area contributed by atoms with E-state index >= 15 is 0 Å². The Morgan fingerprint density at radius 3 is 2.84 bits per heavy atom. The van der Waals surface area contributed by atoms with E-state index in [4.69, 9.17) is 17.3 Å². The number of anilines is 1. The highest BCUT2D eigenvalue weighted by Gasteiger charge is 2.22. The summed E-state index contributed by atoms with van der Waals surface area (Å²) >= 11 is 7.34. The number of hydrogen-bond donors (Lipinski definition) is 4. The van der Waals surface area contributed by atoms with Crippen LogP contribution in [0, 0.1) is 0 Å². The van der Waals surface area contributed by atoms with Crippen LogP contribution < -0.4 is 21.7 Å². The molecule has 25 heavy (non-hydrogen) atoms. The van der Waals surface area contributed by atoms with Crippen molar-refractivity contribution in [3.05, 3.63) is 40.9 Å². The van der Waals surface area contributed by atoms with Gasteiger partial charge < -0.3 is 16.4 Å². The zero-order valence-corrected chi connectivity index (χ0v) is 15.0. The maximum absolute atomic E-state index is 12.7. The Balaban J connectivity index is 1.87. The van der Waals surface area contributed by atoms with Crippen molar-refractivity contribution in [1.29, 1.82) is 0 Å². The van der Waals surface area contributed by atoms with E-state index in [-0.39, 0.29) is 11.9 Å². The molecule has 132 valence electrons. The number of thiophene rings is 1. The van der Waals surface area contributed by atoms with Gasteiger partial charge in [-0.05, 0) is 43.1 Å². The molecule has 0 spiro atoms. The predicted molar refractivity (Wildman–Crippen MR) is 101 cm³/mol. The molecule has 0 aliphatic carbocycles. The van der Waals surface area contributed by atoms with Gasteiger partial charge in [0.05, 0.1) is 5.56 Å². The van der Waals surface area contributed by atoms with Crippen LogP contribution in [0.2, 0.25) is 5.02 Å². The van der Waals surface area contributed by atoms with Crippen molar-refractivity contribution in [1.82, 2.24) is 10.6 Å². The lowest BCUT2D eigenvalue weighted by Gasteiger charge is -2.23. The summed E-state index contributed by atoms with van der Waals surface area (Å²) in [6.45, 7) is 1.72. The molecule has 3 amide bonds. The standard InChI is InChI=1S/C17H19ClN4O2S/c18-11-4-1-3-10(7-11)14-8-13(16(25-14)22-17(19)24)15(23)21-12-5-2-6-20-9-12/h1,3-4,7-8,12,20H,2,5-6,9H2,(H,21,23)(H3,19,22,24)/t12-/m0/s1. The maximum atomic E-state index is 12.7. The summed E-state index contributed by atoms with van der Waals surface area (Å²) in [4.78, 5) is 24.8. The third kappa shape index (κ3) is 4.50. The molecule has 0 saturated carbocycles. The summed E-state index contributed by atoms with van der Waals surface area (Å²) in [5, 5.41) is 9.86. The van der Waals surface area contributed by atoms with Gasteiger partial charge in [-0.15, -0.1) is 11.3 Å². The van der Waals surface area contributed by atoms with E-state index in [1.54, 1.807) is 12.1 Å². The molecule has 1 saturated heterocycles. The molecule has 0 bridgehead atoms. The number of primary amides is 1. The first-order chi connectivity index (χ1) is 12.0. The quantitative estimate of drug-likeness (QED) is 0.658. The van der Waals surface area contributed by atoms with Gasteiger partial charge in [0.25, 0.3) is 5.91 Å². The summed E-state index contributed by atoms with van der Waals surface area (Å²) in [5.41, 5.74) is 6.53. The Labute approximate surface area is 154 Å². The van der Waals surface area contributed by atoms with Gasteiger partial charge in [-0.1, -0.05) is 23.7 Å². The Morgan fingerprint density at radius 2 is 2.16 bits per heavy atom. The third-order valence-corrected chi connectivity index (χ3v) is 5.29. The Bertz CT molecular complexity index is 787. The van der Waals surface area contributed by atoms with Crippen molar-refractivity contribution in [3.63, 3.8) is 0 Å². The van der Waals surface area contributed by atoms with Crippen LogP contribution in [0.15, 0.2) is 30.3 Å². The van der Waals surface area contributed by atoms with Gasteiger partial charge in [-0.3, -0.25) is 10.1 Å². The number of amides is 3. The van der Waals surface area contributed by atoms with Crippen LogP contribution in [-0.2, 0) is 0 Å². The monoisotopic (exact) mass is 378 g/mol. The molecule has 8 heteroatoms. The average molecular weight is 379 g/mol. The first-order valence-electron chi connectivity index (χ1n) is 8.01. The highest BCUT2D eigenvalue weighted by atomic mass is 35.5. The van der Waals surface area contributed by atoms with E-state index in [9.17, 15) is 9.59 Å². The lowest BCUT2D eigenvalue weighted by atomic mass is 10.1. The molecule has 6 nitrogen and oxygen atoms in total. The molecule has 0 radical (unpaired) electrons. The highest BCUT2D eigenvalue weighted by molar-refractivity contribution is 7.20. The van der Waals surface area contributed by atoms with Crippen LogP contribution in [0.4, 0.5) is 9.80 Å². The number of nitrogens with one attached hydrogen (secondary N) is 3. The fraction of sp³-hybridized carbons (Fsp3) is 0.294. The van der Waals surface area contributed by atoms with Gasteiger partial charge in [0.15, 0.2) is 0 Å². The molecule has 1 fully saturated rings. The summed E-state index contributed by atoms with van der Waals surface area (Å²) in [6, 6.07) is 8.47. The van der Waals surface area contributed by atoms with E-state index in [2.05, 4.69) is 16.0 Å². The minimum absolute atomic E-state index is 0.0807. The largest absolute Gasteiger partial charge is 0.351 e. The van der Waals surface area contributed by atoms with Gasteiger partial charge in [-0.2, -0.15) is 0 Å². The Hall–Kier alpha value is -2.09. The number of urea groups is 1. The van der Waals surface area contributed by atoms with Crippen molar-refractivity contribution >= 4 is 39.9 Å². The summed E-state index contributed by atoms with van der Waals surface area (Å²) in [6.07, 6.45) is 1.96. The normalized spacial score (nSPS) is 17.1. The van der Waals surface area contributed by atoms with E-state index in [0.29, 0.717) is 15.6 Å². The SMILES string of the molecule is NC(=O)Nc1sc(-c2cccc(Cl)c2)cc1C(=O)N[C@H]1CCCNC1. The van der Waals surface area contributed by atoms with Gasteiger partial charge >= 0.3 is 6.03 Å². The molecule has 1 aliphatic rings. The number of piperidine rings is 1. The molecule has 3 rings (SSSR count). The van der Waals surface area contributed by atoms with Gasteiger partial charge in [-0.25, -0.2) is 4.79 Å². The number of carbonyl (C=O) groups excluding carboxylic acids is 2. The van der Waals surface area contributed by atoms with Crippen molar-refractivity contribution in [2.24, 2.45) is 5.73 Å². The predicted octanol–water partition coefficient (Wildman–Crippen LogP) is 3.04. The van der Waals surface area contributed by atoms with Gasteiger partial charge in [0.1, 0.15) is 5.00 Å². The zero-order valence-electron chi connectivity index (χ0n) is 13.5. The number of nitrogens with two attached hydrogens (primary N) is 1. The topological polar surface area (TPSA) is 96.2 Å². The van der Waals surface area contributed by atoms with Crippen molar-refractivity contribution in [2.45, 2.75) is 18.9 Å². The Kier molecular flexibility index (Phi) is 5.57. The van der Waals surface area contributed by atoms with Crippen LogP contribution in [-0.4, -0.2) is 31.1 Å². The first kappa shape index (κ1) is 17.7. The average Bonchev–Trinajstić information content (AvgIpc) is 2.99. The van der Waals surface area contributed by atoms with Crippen LogP contribution in [0.1, 0.15) is 23.2 Å². The molecule has 1 aromatic heterocycles. The molecule has 1 atom stereocenters. The lowest BCUT2D eigenvalue weighted by Crippen LogP contribution is -2.45. The second kappa shape index (κ2) is 7.86. The molecular formula is C17H19ClN4O2S. The number of carbonyl (C=O) groups is 2. The molecule has 1 aromatic carbocycles. The molecule has 2 aromatic rings. The first-order valence-corrected chi connectivity index (χ1v) is 9.20. The van der Waals surface area contributed by atoms with Crippen LogP contribution in [0.25, 0.3) is 10.4 Å². The molecule has 2 heterocycles. The number of halogens is 1. The number of benzene rings is 1. The van der Waals surface area contributed by atoms with Crippen LogP contribution in [0.5, 0.6) is 0 Å². The van der Waals surface area contributed by atoms with E-state index in [1.807, 2.05) is 18.2 Å². The zero-order chi connectivity index (χ0) is 17.8. The fourth-order valence-corrected chi connectivity index (χ4v) is 4.03. The molecular weight excluding hydrogens is 360 g/mol. The van der Waals surface area contributed by atoms with Gasteiger partial charge in [0.2, 0.25) is 0 Å². The second-order valence-corrected chi connectivity index (χ2v) is 7.36. The fourth-order valence-electron chi connectivity index (χ4n) is 2.79. The van der Waals surface area contributed by atoms with Crippen molar-refractivity contribution in [3.8, 4) is 10.4 Å². The lowest BCUT2D eigenvalue weighted by molar-refractivity contribution is 0.0932. The minimum atomic E-state index is -0.701. The van der Waals surface area contributed by atoms with Crippen LogP contribution in [0.3, 0.4) is 0 Å². The minimum Gasteiger partial charge on any atom is -0.351 e. The smallest absolute Gasteiger partial charge is 0.317 e. The number of hydrogen-bond acceptors (Lipinski definition) is 4. The highest BCUT2D eigenvalue weighted by Crippen LogP contribution is 2.36. The van der Waals surface area contributed by atoms with Crippen LogP contribution >= 0.6 is 22.9 Å². The third-order valence-electron chi connectivity index (χ3n) is 3.95. The van der Waals surface area contributed by atoms with Gasteiger partial charge in [0, 0.05) is 22.5 Å². The van der Waals surface area contributed by atoms with E-state index in [0.717, 1.165) is 36.4 Å².